The molecule has 1 aliphatic carbocycles. The molecular weight excluding hydrogens is 724 g/mol. The van der Waals surface area contributed by atoms with Crippen molar-refractivity contribution in [1.82, 2.24) is 39.6 Å². The van der Waals surface area contributed by atoms with E-state index in [1.807, 2.05) is 18.2 Å². The molecule has 6 heterocycles. The van der Waals surface area contributed by atoms with Crippen LogP contribution in [-0.4, -0.2) is 122 Å². The third kappa shape index (κ3) is 9.16. The molecule has 3 fully saturated rings. The number of carbonyl (C=O) groups is 4. The third-order valence-electron chi connectivity index (χ3n) is 9.38. The van der Waals surface area contributed by atoms with Crippen LogP contribution < -0.4 is 20.4 Å². The van der Waals surface area contributed by atoms with Crippen molar-refractivity contribution in [3.63, 3.8) is 0 Å². The monoisotopic (exact) mass is 770 g/mol. The first-order valence-corrected chi connectivity index (χ1v) is 18.4. The van der Waals surface area contributed by atoms with Crippen molar-refractivity contribution < 1.29 is 28.8 Å². The second-order valence-corrected chi connectivity index (χ2v) is 14.8. The van der Waals surface area contributed by atoms with Crippen LogP contribution in [0.5, 0.6) is 0 Å². The number of rotatable bonds is 7. The van der Waals surface area contributed by atoms with Gasteiger partial charge in [-0.3, -0.25) is 19.3 Å². The summed E-state index contributed by atoms with van der Waals surface area (Å²) in [7, 11) is 3.53. The second kappa shape index (κ2) is 16.6. The van der Waals surface area contributed by atoms with Crippen LogP contribution in [0.1, 0.15) is 63.0 Å². The highest BCUT2D eigenvalue weighted by Crippen LogP contribution is 2.35. The highest BCUT2D eigenvalue weighted by atomic mass is 16.6. The van der Waals surface area contributed by atoms with Crippen LogP contribution in [-0.2, 0) is 14.3 Å². The molecule has 4 aromatic rings. The van der Waals surface area contributed by atoms with Crippen molar-refractivity contribution in [2.45, 2.75) is 58.1 Å². The predicted molar refractivity (Wildman–Crippen MR) is 207 cm³/mol. The fraction of sp³-hybridized carbons (Fsp3) is 0.459. The molecule has 2 aliphatic heterocycles. The van der Waals surface area contributed by atoms with E-state index in [1.165, 1.54) is 28.1 Å². The van der Waals surface area contributed by atoms with Crippen LogP contribution in [0.15, 0.2) is 48.9 Å². The number of aromatic nitrogens is 5. The molecule has 4 aromatic heterocycles. The number of amides is 4. The SMILES string of the molecule is CC(C)(C)OC(=O)N1CCN(c2ccc([N+](=O)[O-])nc2)C(=O)C1.CN(C)C(=O)c1cc2cnc(Nc3ccc(N4CCNCC4=O)cn3)nc2n1C1CCCC1. The van der Waals surface area contributed by atoms with Gasteiger partial charge in [-0.05, 0) is 67.8 Å². The molecule has 296 valence electrons. The van der Waals surface area contributed by atoms with Crippen molar-refractivity contribution in [3.05, 3.63) is 64.7 Å². The summed E-state index contributed by atoms with van der Waals surface area (Å²) in [6, 6.07) is 8.53. The molecule has 0 aromatic carbocycles. The maximum absolute atomic E-state index is 12.9. The molecule has 0 spiro atoms. The minimum Gasteiger partial charge on any atom is -0.444 e. The van der Waals surface area contributed by atoms with Gasteiger partial charge in [0, 0.05) is 64.0 Å². The van der Waals surface area contributed by atoms with Gasteiger partial charge in [0.15, 0.2) is 6.20 Å². The maximum atomic E-state index is 12.9. The lowest BCUT2D eigenvalue weighted by molar-refractivity contribution is -0.389. The molecular formula is C37H46N12O7. The average Bonchev–Trinajstić information content (AvgIpc) is 3.83. The number of nitro groups is 1. The fourth-order valence-corrected chi connectivity index (χ4v) is 6.68. The number of nitrogens with one attached hydrogen (secondary N) is 2. The average molecular weight is 771 g/mol. The maximum Gasteiger partial charge on any atom is 0.410 e. The van der Waals surface area contributed by atoms with E-state index in [-0.39, 0.29) is 42.7 Å². The molecule has 1 saturated carbocycles. The van der Waals surface area contributed by atoms with Crippen molar-refractivity contribution >= 4 is 63.8 Å². The van der Waals surface area contributed by atoms with Gasteiger partial charge >= 0.3 is 11.9 Å². The minimum atomic E-state index is -0.625. The highest BCUT2D eigenvalue weighted by molar-refractivity contribution is 5.98. The Morgan fingerprint density at radius 1 is 0.946 bits per heavy atom. The molecule has 4 amide bonds. The van der Waals surface area contributed by atoms with Crippen LogP contribution in [0.3, 0.4) is 0 Å². The standard InChI is InChI=1S/C23H28N8O2.C14H18N4O5/c1-29(2)22(33)18-11-15-12-26-23(28-21(15)31(18)16-5-3-4-6-16)27-19-8-7-17(13-25-19)30-10-9-24-14-20(30)32;1-14(2,3)23-13(20)16-6-7-17(12(19)9-16)10-4-5-11(15-8-10)18(21)22/h7-8,11-13,16,24H,3-6,9-10,14H2,1-2H3,(H,25,26,27,28);4-5,8H,6-7,9H2,1-3H3. The van der Waals surface area contributed by atoms with Crippen molar-refractivity contribution in [3.8, 4) is 0 Å². The van der Waals surface area contributed by atoms with Crippen LogP contribution in [0.4, 0.5) is 33.8 Å². The zero-order valence-electron chi connectivity index (χ0n) is 32.1. The van der Waals surface area contributed by atoms with Gasteiger partial charge in [0.1, 0.15) is 29.3 Å². The van der Waals surface area contributed by atoms with Gasteiger partial charge < -0.3 is 44.8 Å². The summed E-state index contributed by atoms with van der Waals surface area (Å²) >= 11 is 0. The van der Waals surface area contributed by atoms with E-state index >= 15 is 0 Å². The summed E-state index contributed by atoms with van der Waals surface area (Å²) < 4.78 is 7.32. The zero-order valence-corrected chi connectivity index (χ0v) is 32.1. The Bertz CT molecular complexity index is 2090. The van der Waals surface area contributed by atoms with E-state index in [4.69, 9.17) is 9.72 Å². The molecule has 0 unspecified atom stereocenters. The molecule has 0 atom stereocenters. The first-order chi connectivity index (χ1) is 26.7. The van der Waals surface area contributed by atoms with Gasteiger partial charge in [-0.25, -0.2) is 14.8 Å². The quantitative estimate of drug-likeness (QED) is 0.202. The molecule has 0 radical (unpaired) electrons. The number of piperazine rings is 2. The van der Waals surface area contributed by atoms with Gasteiger partial charge in [-0.1, -0.05) is 12.8 Å². The summed E-state index contributed by atoms with van der Waals surface area (Å²) in [6.07, 6.45) is 8.56. The Kier molecular flexibility index (Phi) is 11.7. The lowest BCUT2D eigenvalue weighted by Gasteiger charge is -2.34. The molecule has 19 nitrogen and oxygen atoms in total. The number of ether oxygens (including phenoxy) is 1. The minimum absolute atomic E-state index is 0.0332. The molecule has 2 N–H and O–H groups in total. The van der Waals surface area contributed by atoms with E-state index in [0.29, 0.717) is 42.8 Å². The predicted octanol–water partition coefficient (Wildman–Crippen LogP) is 3.90. The number of hydrogen-bond acceptors (Lipinski definition) is 13. The number of anilines is 4. The molecule has 2 saturated heterocycles. The topological polar surface area (TPSA) is 214 Å². The first kappa shape index (κ1) is 39.5. The third-order valence-corrected chi connectivity index (χ3v) is 9.38. The van der Waals surface area contributed by atoms with Gasteiger partial charge in [0.05, 0.1) is 24.1 Å². The van der Waals surface area contributed by atoms with Crippen LogP contribution in [0.25, 0.3) is 11.0 Å². The highest BCUT2D eigenvalue weighted by Gasteiger charge is 2.32. The Hall–Kier alpha value is -6.24. The van der Waals surface area contributed by atoms with E-state index in [9.17, 15) is 29.3 Å². The summed E-state index contributed by atoms with van der Waals surface area (Å²) in [5.74, 6) is 0.431. The Morgan fingerprint density at radius 3 is 2.23 bits per heavy atom. The molecule has 19 heteroatoms. The van der Waals surface area contributed by atoms with Crippen molar-refractivity contribution in [1.29, 1.82) is 0 Å². The Balaban J connectivity index is 0.000000204. The number of hydrogen-bond donors (Lipinski definition) is 2. The smallest absolute Gasteiger partial charge is 0.410 e. The lowest BCUT2D eigenvalue weighted by Crippen LogP contribution is -2.53. The number of fused-ring (bicyclic) bond motifs is 1. The van der Waals surface area contributed by atoms with Gasteiger partial charge in [0.25, 0.3) is 5.91 Å². The number of nitrogens with zero attached hydrogens (tertiary/aromatic N) is 10. The van der Waals surface area contributed by atoms with E-state index in [2.05, 4.69) is 30.2 Å². The fourth-order valence-electron chi connectivity index (χ4n) is 6.68. The molecule has 56 heavy (non-hydrogen) atoms. The number of carbonyl (C=O) groups excluding carboxylic acids is 4. The Labute approximate surface area is 323 Å². The van der Waals surface area contributed by atoms with Crippen molar-refractivity contribution in [2.75, 3.05) is 68.5 Å². The van der Waals surface area contributed by atoms with Crippen LogP contribution in [0.2, 0.25) is 0 Å². The normalized spacial score (nSPS) is 16.4. The summed E-state index contributed by atoms with van der Waals surface area (Å²) in [4.78, 5) is 82.6. The summed E-state index contributed by atoms with van der Waals surface area (Å²) in [6.45, 7) is 7.48. The second-order valence-electron chi connectivity index (χ2n) is 14.8. The molecule has 0 bridgehead atoms. The van der Waals surface area contributed by atoms with Crippen LogP contribution in [0, 0.1) is 10.1 Å². The summed E-state index contributed by atoms with van der Waals surface area (Å²) in [5, 5.41) is 17.7. The van der Waals surface area contributed by atoms with Crippen molar-refractivity contribution in [2.24, 2.45) is 0 Å². The zero-order chi connectivity index (χ0) is 40.1. The van der Waals surface area contributed by atoms with E-state index < -0.39 is 16.6 Å². The van der Waals surface area contributed by atoms with Gasteiger partial charge in [-0.2, -0.15) is 4.98 Å². The lowest BCUT2D eigenvalue weighted by atomic mass is 10.2. The summed E-state index contributed by atoms with van der Waals surface area (Å²) in [5.41, 5.74) is 2.01. The van der Waals surface area contributed by atoms with Gasteiger partial charge in [0.2, 0.25) is 17.8 Å². The first-order valence-electron chi connectivity index (χ1n) is 18.4. The molecule has 7 rings (SSSR count). The number of pyridine rings is 2. The molecule has 3 aliphatic rings. The van der Waals surface area contributed by atoms with Gasteiger partial charge in [-0.15, -0.1) is 0 Å². The van der Waals surface area contributed by atoms with E-state index in [1.54, 1.807) is 57.1 Å². The largest absolute Gasteiger partial charge is 0.444 e. The van der Waals surface area contributed by atoms with E-state index in [0.717, 1.165) is 48.9 Å². The Morgan fingerprint density at radius 2 is 1.64 bits per heavy atom. The van der Waals surface area contributed by atoms with Crippen LogP contribution >= 0.6 is 0 Å².